The summed E-state index contributed by atoms with van der Waals surface area (Å²) in [7, 11) is 1.63. The van der Waals surface area contributed by atoms with E-state index in [9.17, 15) is 4.79 Å². The minimum atomic E-state index is -0.0178. The average molecular weight is 322 g/mol. The molecule has 1 N–H and O–H groups in total. The SMILES string of the molecule is COc1ccc(SCC(=O)NCc2ccccc2Cl)cc1. The summed E-state index contributed by atoms with van der Waals surface area (Å²) in [5.41, 5.74) is 0.918. The maximum Gasteiger partial charge on any atom is 0.230 e. The number of carbonyl (C=O) groups excluding carboxylic acids is 1. The second kappa shape index (κ2) is 7.96. The van der Waals surface area contributed by atoms with Crippen LogP contribution in [-0.4, -0.2) is 18.8 Å². The molecule has 2 aromatic carbocycles. The number of methoxy groups -OCH3 is 1. The summed E-state index contributed by atoms with van der Waals surface area (Å²) < 4.78 is 5.09. The molecule has 2 rings (SSSR count). The molecule has 0 atom stereocenters. The number of rotatable bonds is 6. The molecule has 0 heterocycles. The summed E-state index contributed by atoms with van der Waals surface area (Å²) >= 11 is 7.53. The monoisotopic (exact) mass is 321 g/mol. The predicted molar refractivity (Wildman–Crippen MR) is 87.0 cm³/mol. The van der Waals surface area contributed by atoms with Crippen molar-refractivity contribution >= 4 is 29.3 Å². The fraction of sp³-hybridized carbons (Fsp3) is 0.188. The molecule has 0 saturated carbocycles. The molecule has 21 heavy (non-hydrogen) atoms. The first-order chi connectivity index (χ1) is 10.2. The van der Waals surface area contributed by atoms with E-state index >= 15 is 0 Å². The lowest BCUT2D eigenvalue weighted by atomic mass is 10.2. The second-order valence-electron chi connectivity index (χ2n) is 4.33. The summed E-state index contributed by atoms with van der Waals surface area (Å²) in [4.78, 5) is 12.9. The number of benzene rings is 2. The van der Waals surface area contributed by atoms with E-state index < -0.39 is 0 Å². The molecular formula is C16H16ClNO2S. The molecule has 0 bridgehead atoms. The average Bonchev–Trinajstić information content (AvgIpc) is 2.52. The molecule has 0 aliphatic heterocycles. The molecule has 0 radical (unpaired) electrons. The fourth-order valence-corrected chi connectivity index (χ4v) is 2.64. The van der Waals surface area contributed by atoms with Gasteiger partial charge >= 0.3 is 0 Å². The van der Waals surface area contributed by atoms with Gasteiger partial charge in [-0.1, -0.05) is 29.8 Å². The minimum Gasteiger partial charge on any atom is -0.497 e. The number of nitrogens with one attached hydrogen (secondary N) is 1. The van der Waals surface area contributed by atoms with E-state index in [1.54, 1.807) is 7.11 Å². The van der Waals surface area contributed by atoms with Crippen molar-refractivity contribution in [3.05, 3.63) is 59.1 Å². The summed E-state index contributed by atoms with van der Waals surface area (Å²) in [6.07, 6.45) is 0. The van der Waals surface area contributed by atoms with E-state index in [1.807, 2.05) is 48.5 Å². The number of thioether (sulfide) groups is 1. The van der Waals surface area contributed by atoms with Gasteiger partial charge in [-0.3, -0.25) is 4.79 Å². The smallest absolute Gasteiger partial charge is 0.230 e. The van der Waals surface area contributed by atoms with E-state index in [0.717, 1.165) is 16.2 Å². The summed E-state index contributed by atoms with van der Waals surface area (Å²) in [5, 5.41) is 3.53. The highest BCUT2D eigenvalue weighted by Gasteiger charge is 2.05. The molecule has 110 valence electrons. The van der Waals surface area contributed by atoms with Gasteiger partial charge in [-0.05, 0) is 35.9 Å². The maximum atomic E-state index is 11.8. The third kappa shape index (κ3) is 4.99. The van der Waals surface area contributed by atoms with Crippen LogP contribution in [0.25, 0.3) is 0 Å². The minimum absolute atomic E-state index is 0.0178. The Kier molecular flexibility index (Phi) is 5.96. The Morgan fingerprint density at radius 3 is 2.57 bits per heavy atom. The molecule has 0 aliphatic rings. The molecule has 1 amide bonds. The molecule has 2 aromatic rings. The molecular weight excluding hydrogens is 306 g/mol. The van der Waals surface area contributed by atoms with Crippen molar-refractivity contribution < 1.29 is 9.53 Å². The first-order valence-electron chi connectivity index (χ1n) is 6.46. The largest absolute Gasteiger partial charge is 0.497 e. The Hall–Kier alpha value is -1.65. The first kappa shape index (κ1) is 15.7. The summed E-state index contributed by atoms with van der Waals surface area (Å²) in [6, 6.07) is 15.1. The molecule has 0 spiro atoms. The number of carbonyl (C=O) groups is 1. The molecule has 0 aromatic heterocycles. The lowest BCUT2D eigenvalue weighted by Gasteiger charge is -2.07. The van der Waals surface area contributed by atoms with Crippen LogP contribution >= 0.6 is 23.4 Å². The maximum absolute atomic E-state index is 11.8. The van der Waals surface area contributed by atoms with Crippen LogP contribution in [0.4, 0.5) is 0 Å². The molecule has 0 unspecified atom stereocenters. The van der Waals surface area contributed by atoms with Gasteiger partial charge in [-0.25, -0.2) is 0 Å². The highest BCUT2D eigenvalue weighted by atomic mass is 35.5. The topological polar surface area (TPSA) is 38.3 Å². The van der Waals surface area contributed by atoms with Gasteiger partial charge in [0.15, 0.2) is 0 Å². The lowest BCUT2D eigenvalue weighted by molar-refractivity contribution is -0.118. The number of halogens is 1. The van der Waals surface area contributed by atoms with Crippen molar-refractivity contribution in [2.24, 2.45) is 0 Å². The number of amides is 1. The van der Waals surface area contributed by atoms with E-state index in [-0.39, 0.29) is 5.91 Å². The molecule has 0 fully saturated rings. The Bertz CT molecular complexity index is 601. The third-order valence-electron chi connectivity index (χ3n) is 2.86. The highest BCUT2D eigenvalue weighted by Crippen LogP contribution is 2.21. The van der Waals surface area contributed by atoms with Crippen molar-refractivity contribution in [2.45, 2.75) is 11.4 Å². The van der Waals surface area contributed by atoms with E-state index in [4.69, 9.17) is 16.3 Å². The van der Waals surface area contributed by atoms with Crippen molar-refractivity contribution in [3.8, 4) is 5.75 Å². The van der Waals surface area contributed by atoms with Crippen LogP contribution in [0, 0.1) is 0 Å². The Balaban J connectivity index is 1.78. The van der Waals surface area contributed by atoms with E-state index in [0.29, 0.717) is 17.3 Å². The lowest BCUT2D eigenvalue weighted by Crippen LogP contribution is -2.24. The van der Waals surface area contributed by atoms with Crippen LogP contribution in [0.15, 0.2) is 53.4 Å². The Morgan fingerprint density at radius 1 is 1.19 bits per heavy atom. The van der Waals surface area contributed by atoms with Gasteiger partial charge < -0.3 is 10.1 Å². The van der Waals surface area contributed by atoms with Crippen molar-refractivity contribution in [1.82, 2.24) is 5.32 Å². The number of hydrogen-bond donors (Lipinski definition) is 1. The van der Waals surface area contributed by atoms with Crippen LogP contribution in [0.2, 0.25) is 5.02 Å². The highest BCUT2D eigenvalue weighted by molar-refractivity contribution is 8.00. The van der Waals surface area contributed by atoms with Crippen LogP contribution in [0.3, 0.4) is 0 Å². The molecule has 0 aliphatic carbocycles. The van der Waals surface area contributed by atoms with Crippen molar-refractivity contribution in [2.75, 3.05) is 12.9 Å². The molecule has 5 heteroatoms. The predicted octanol–water partition coefficient (Wildman–Crippen LogP) is 3.76. The van der Waals surface area contributed by atoms with Gasteiger partial charge in [-0.2, -0.15) is 0 Å². The number of ether oxygens (including phenoxy) is 1. The standard InChI is InChI=1S/C16H16ClNO2S/c1-20-13-6-8-14(9-7-13)21-11-16(19)18-10-12-4-2-3-5-15(12)17/h2-9H,10-11H2,1H3,(H,18,19). The zero-order valence-electron chi connectivity index (χ0n) is 11.6. The zero-order chi connectivity index (χ0) is 15.1. The van der Waals surface area contributed by atoms with Gasteiger partial charge in [0, 0.05) is 16.5 Å². The van der Waals surface area contributed by atoms with E-state index in [1.165, 1.54) is 11.8 Å². The zero-order valence-corrected chi connectivity index (χ0v) is 13.2. The Morgan fingerprint density at radius 2 is 1.90 bits per heavy atom. The molecule has 3 nitrogen and oxygen atoms in total. The molecule has 0 saturated heterocycles. The van der Waals surface area contributed by atoms with Crippen LogP contribution in [0.1, 0.15) is 5.56 Å². The van der Waals surface area contributed by atoms with Gasteiger partial charge in [-0.15, -0.1) is 11.8 Å². The summed E-state index contributed by atoms with van der Waals surface area (Å²) in [6.45, 7) is 0.446. The normalized spacial score (nSPS) is 10.2. The van der Waals surface area contributed by atoms with Gasteiger partial charge in [0.25, 0.3) is 0 Å². The summed E-state index contributed by atoms with van der Waals surface area (Å²) in [5.74, 6) is 1.16. The van der Waals surface area contributed by atoms with Gasteiger partial charge in [0.05, 0.1) is 12.9 Å². The van der Waals surface area contributed by atoms with Gasteiger partial charge in [0.2, 0.25) is 5.91 Å². The van der Waals surface area contributed by atoms with Crippen LogP contribution in [0.5, 0.6) is 5.75 Å². The fourth-order valence-electron chi connectivity index (χ4n) is 1.71. The first-order valence-corrected chi connectivity index (χ1v) is 7.82. The van der Waals surface area contributed by atoms with Crippen molar-refractivity contribution in [3.63, 3.8) is 0 Å². The van der Waals surface area contributed by atoms with Crippen LogP contribution in [-0.2, 0) is 11.3 Å². The second-order valence-corrected chi connectivity index (χ2v) is 5.79. The number of hydrogen-bond acceptors (Lipinski definition) is 3. The quantitative estimate of drug-likeness (QED) is 0.823. The van der Waals surface area contributed by atoms with Crippen molar-refractivity contribution in [1.29, 1.82) is 0 Å². The van der Waals surface area contributed by atoms with Crippen LogP contribution < -0.4 is 10.1 Å². The van der Waals surface area contributed by atoms with E-state index in [2.05, 4.69) is 5.32 Å². The Labute approximate surface area is 133 Å². The third-order valence-corrected chi connectivity index (χ3v) is 4.24. The van der Waals surface area contributed by atoms with Gasteiger partial charge in [0.1, 0.15) is 5.75 Å².